The zero-order valence-corrected chi connectivity index (χ0v) is 20.8. The molecule has 7 heteroatoms. The molecule has 0 amide bonds. The molecule has 0 fully saturated rings. The lowest BCUT2D eigenvalue weighted by atomic mass is 9.95. The lowest BCUT2D eigenvalue weighted by molar-refractivity contribution is 0.102. The SMILES string of the molecule is COc1cnc(C(=O)c2ncc(OC)c(OC)c2Cc2ccccc2)c(Cc2ccccc2)c1OC. The molecule has 7 nitrogen and oxygen atoms in total. The second-order valence-electron chi connectivity index (χ2n) is 8.03. The standard InChI is InChI=1S/C29H28N2O5/c1-33-23-17-30-25(21(28(23)35-3)15-19-11-7-5-8-12-19)27(32)26-22(16-20-13-9-6-10-14-20)29(36-4)24(34-2)18-31-26/h5-14,17-18H,15-16H2,1-4H3. The number of carbonyl (C=O) groups excluding carboxylic acids is 1. The van der Waals surface area contributed by atoms with Gasteiger partial charge in [0.15, 0.2) is 23.0 Å². The first-order valence-corrected chi connectivity index (χ1v) is 11.4. The van der Waals surface area contributed by atoms with Gasteiger partial charge in [0.1, 0.15) is 11.4 Å². The van der Waals surface area contributed by atoms with Crippen LogP contribution in [-0.2, 0) is 12.8 Å². The van der Waals surface area contributed by atoms with Crippen LogP contribution in [-0.4, -0.2) is 44.2 Å². The number of methoxy groups -OCH3 is 4. The normalized spacial score (nSPS) is 10.6. The third-order valence-corrected chi connectivity index (χ3v) is 5.91. The molecule has 4 rings (SSSR count). The van der Waals surface area contributed by atoms with Crippen LogP contribution in [0.25, 0.3) is 0 Å². The predicted molar refractivity (Wildman–Crippen MR) is 137 cm³/mol. The summed E-state index contributed by atoms with van der Waals surface area (Å²) in [6.07, 6.45) is 3.85. The molecule has 0 saturated heterocycles. The van der Waals surface area contributed by atoms with Gasteiger partial charge in [0.05, 0.1) is 40.8 Å². The average molecular weight is 485 g/mol. The van der Waals surface area contributed by atoms with E-state index >= 15 is 0 Å². The van der Waals surface area contributed by atoms with Crippen molar-refractivity contribution in [3.05, 3.63) is 107 Å². The number of pyridine rings is 2. The number of hydrogen-bond acceptors (Lipinski definition) is 7. The molecule has 0 N–H and O–H groups in total. The van der Waals surface area contributed by atoms with Crippen molar-refractivity contribution in [2.45, 2.75) is 12.8 Å². The molecular formula is C29H28N2O5. The number of ether oxygens (including phenoxy) is 4. The monoisotopic (exact) mass is 484 g/mol. The highest BCUT2D eigenvalue weighted by Gasteiger charge is 2.28. The summed E-state index contributed by atoms with van der Waals surface area (Å²) >= 11 is 0. The van der Waals surface area contributed by atoms with Crippen LogP contribution in [0.15, 0.2) is 73.1 Å². The van der Waals surface area contributed by atoms with Crippen LogP contribution in [0.1, 0.15) is 38.4 Å². The van der Waals surface area contributed by atoms with E-state index in [4.69, 9.17) is 18.9 Å². The van der Waals surface area contributed by atoms with E-state index in [2.05, 4.69) is 9.97 Å². The molecule has 0 spiro atoms. The van der Waals surface area contributed by atoms with Gasteiger partial charge in [-0.25, -0.2) is 9.97 Å². The van der Waals surface area contributed by atoms with E-state index < -0.39 is 0 Å². The van der Waals surface area contributed by atoms with Crippen molar-refractivity contribution in [2.75, 3.05) is 28.4 Å². The summed E-state index contributed by atoms with van der Waals surface area (Å²) in [7, 11) is 6.19. The first kappa shape index (κ1) is 24.7. The van der Waals surface area contributed by atoms with Crippen LogP contribution < -0.4 is 18.9 Å². The summed E-state index contributed by atoms with van der Waals surface area (Å²) in [6, 6.07) is 19.6. The fourth-order valence-electron chi connectivity index (χ4n) is 4.20. The molecule has 0 atom stereocenters. The molecular weight excluding hydrogens is 456 g/mol. The minimum atomic E-state index is -0.339. The van der Waals surface area contributed by atoms with Crippen LogP contribution in [0.3, 0.4) is 0 Å². The van der Waals surface area contributed by atoms with Gasteiger partial charge in [-0.1, -0.05) is 60.7 Å². The molecule has 0 unspecified atom stereocenters. The van der Waals surface area contributed by atoms with Gasteiger partial charge in [0.25, 0.3) is 0 Å². The predicted octanol–water partition coefficient (Wildman–Crippen LogP) is 4.92. The Balaban J connectivity index is 1.89. The van der Waals surface area contributed by atoms with Crippen molar-refractivity contribution in [2.24, 2.45) is 0 Å². The third-order valence-electron chi connectivity index (χ3n) is 5.91. The van der Waals surface area contributed by atoms with Crippen LogP contribution in [0.2, 0.25) is 0 Å². The fourth-order valence-corrected chi connectivity index (χ4v) is 4.20. The highest BCUT2D eigenvalue weighted by atomic mass is 16.5. The van der Waals surface area contributed by atoms with E-state index in [1.54, 1.807) is 28.4 Å². The Labute approximate surface area is 210 Å². The van der Waals surface area contributed by atoms with Crippen molar-refractivity contribution >= 4 is 5.78 Å². The van der Waals surface area contributed by atoms with Crippen LogP contribution >= 0.6 is 0 Å². The maximum Gasteiger partial charge on any atom is 0.230 e. The average Bonchev–Trinajstić information content (AvgIpc) is 2.93. The number of rotatable bonds is 10. The van der Waals surface area contributed by atoms with Gasteiger partial charge in [-0.3, -0.25) is 4.79 Å². The van der Waals surface area contributed by atoms with Crippen molar-refractivity contribution < 1.29 is 23.7 Å². The van der Waals surface area contributed by atoms with Crippen LogP contribution in [0.4, 0.5) is 0 Å². The van der Waals surface area contributed by atoms with Crippen molar-refractivity contribution in [1.82, 2.24) is 9.97 Å². The molecule has 0 aliphatic rings. The van der Waals surface area contributed by atoms with E-state index in [1.165, 1.54) is 12.4 Å². The highest BCUT2D eigenvalue weighted by molar-refractivity contribution is 6.09. The third kappa shape index (κ3) is 5.00. The van der Waals surface area contributed by atoms with Crippen molar-refractivity contribution in [1.29, 1.82) is 0 Å². The molecule has 2 aromatic heterocycles. The molecule has 0 aliphatic heterocycles. The van der Waals surface area contributed by atoms with Crippen molar-refractivity contribution in [3.63, 3.8) is 0 Å². The lowest BCUT2D eigenvalue weighted by Gasteiger charge is -2.18. The number of carbonyl (C=O) groups is 1. The summed E-state index contributed by atoms with van der Waals surface area (Å²) in [4.78, 5) is 23.1. The topological polar surface area (TPSA) is 79.8 Å². The first-order valence-electron chi connectivity index (χ1n) is 11.4. The summed E-state index contributed by atoms with van der Waals surface area (Å²) in [5, 5.41) is 0. The van der Waals surface area contributed by atoms with Gasteiger partial charge in [0.2, 0.25) is 5.78 Å². The van der Waals surface area contributed by atoms with Crippen LogP contribution in [0.5, 0.6) is 23.0 Å². The van der Waals surface area contributed by atoms with E-state index in [9.17, 15) is 4.79 Å². The molecule has 0 radical (unpaired) electrons. The molecule has 4 aromatic rings. The Bertz CT molecular complexity index is 1240. The Morgan fingerprint density at radius 2 is 1.00 bits per heavy atom. The second kappa shape index (κ2) is 11.4. The zero-order valence-electron chi connectivity index (χ0n) is 20.8. The van der Waals surface area contributed by atoms with Gasteiger partial charge in [-0.2, -0.15) is 0 Å². The highest BCUT2D eigenvalue weighted by Crippen LogP contribution is 2.37. The summed E-state index contributed by atoms with van der Waals surface area (Å²) < 4.78 is 22.3. The summed E-state index contributed by atoms with van der Waals surface area (Å²) in [5.41, 5.74) is 3.73. The zero-order chi connectivity index (χ0) is 25.5. The number of aromatic nitrogens is 2. The Kier molecular flexibility index (Phi) is 7.80. The molecule has 2 heterocycles. The summed E-state index contributed by atoms with van der Waals surface area (Å²) in [6.45, 7) is 0. The lowest BCUT2D eigenvalue weighted by Crippen LogP contribution is -2.16. The van der Waals surface area contributed by atoms with Gasteiger partial charge < -0.3 is 18.9 Å². The van der Waals surface area contributed by atoms with Crippen LogP contribution in [0, 0.1) is 0 Å². The molecule has 0 saturated carbocycles. The smallest absolute Gasteiger partial charge is 0.230 e. The first-order chi connectivity index (χ1) is 17.6. The minimum Gasteiger partial charge on any atom is -0.492 e. The largest absolute Gasteiger partial charge is 0.492 e. The number of nitrogens with zero attached hydrogens (tertiary/aromatic N) is 2. The van der Waals surface area contributed by atoms with E-state index in [-0.39, 0.29) is 17.2 Å². The molecule has 0 aliphatic carbocycles. The minimum absolute atomic E-state index is 0.241. The van der Waals surface area contributed by atoms with E-state index in [1.807, 2.05) is 60.7 Å². The number of hydrogen-bond donors (Lipinski definition) is 0. The quantitative estimate of drug-likeness (QED) is 0.296. The van der Waals surface area contributed by atoms with Gasteiger partial charge >= 0.3 is 0 Å². The molecule has 184 valence electrons. The Morgan fingerprint density at radius 3 is 1.33 bits per heavy atom. The van der Waals surface area contributed by atoms with Gasteiger partial charge in [0, 0.05) is 24.0 Å². The fraction of sp³-hybridized carbons (Fsp3) is 0.207. The molecule has 36 heavy (non-hydrogen) atoms. The Hall–Kier alpha value is -4.39. The second-order valence-corrected chi connectivity index (χ2v) is 8.03. The van der Waals surface area contributed by atoms with E-state index in [0.29, 0.717) is 47.0 Å². The summed E-state index contributed by atoms with van der Waals surface area (Å²) in [5.74, 6) is 1.48. The Morgan fingerprint density at radius 1 is 0.611 bits per heavy atom. The number of benzene rings is 2. The molecule has 0 bridgehead atoms. The maximum atomic E-state index is 14.1. The van der Waals surface area contributed by atoms with E-state index in [0.717, 1.165) is 11.1 Å². The number of ketones is 1. The van der Waals surface area contributed by atoms with Gasteiger partial charge in [-0.15, -0.1) is 0 Å². The maximum absolute atomic E-state index is 14.1. The molecule has 2 aromatic carbocycles. The van der Waals surface area contributed by atoms with Crippen molar-refractivity contribution in [3.8, 4) is 23.0 Å². The van der Waals surface area contributed by atoms with Gasteiger partial charge in [-0.05, 0) is 11.1 Å².